The van der Waals surface area contributed by atoms with E-state index in [1.54, 1.807) is 19.3 Å². The summed E-state index contributed by atoms with van der Waals surface area (Å²) in [6.07, 6.45) is 5.71. The van der Waals surface area contributed by atoms with Gasteiger partial charge in [-0.3, -0.25) is 14.6 Å². The highest BCUT2D eigenvalue weighted by Gasteiger charge is 2.28. The molecule has 2 N–H and O–H groups in total. The quantitative estimate of drug-likeness (QED) is 0.651. The molecule has 0 spiro atoms. The molecule has 0 unspecified atom stereocenters. The number of aromatic nitrogens is 3. The lowest BCUT2D eigenvalue weighted by molar-refractivity contribution is -0.121. The number of aryl methyl sites for hydroxylation is 1. The maximum atomic E-state index is 12.7. The van der Waals surface area contributed by atoms with Crippen molar-refractivity contribution in [3.8, 4) is 0 Å². The van der Waals surface area contributed by atoms with Gasteiger partial charge in [-0.25, -0.2) is 4.98 Å². The third kappa shape index (κ3) is 4.00. The van der Waals surface area contributed by atoms with Gasteiger partial charge in [-0.15, -0.1) is 0 Å². The van der Waals surface area contributed by atoms with Crippen LogP contribution in [0.25, 0.3) is 11.1 Å². The van der Waals surface area contributed by atoms with Crippen LogP contribution in [0, 0.1) is 6.92 Å². The van der Waals surface area contributed by atoms with E-state index in [-0.39, 0.29) is 24.8 Å². The minimum atomic E-state index is -0.248. The van der Waals surface area contributed by atoms with Gasteiger partial charge in [0, 0.05) is 43.5 Å². The fourth-order valence-corrected chi connectivity index (χ4v) is 3.06. The average molecular weight is 379 g/mol. The first kappa shape index (κ1) is 18.1. The van der Waals surface area contributed by atoms with E-state index in [1.807, 2.05) is 18.2 Å². The molecule has 144 valence electrons. The lowest BCUT2D eigenvalue weighted by Crippen LogP contribution is -2.30. The molecule has 3 aromatic heterocycles. The summed E-state index contributed by atoms with van der Waals surface area (Å²) in [6.45, 7) is 2.46. The second-order valence-corrected chi connectivity index (χ2v) is 6.96. The Balaban J connectivity index is 1.36. The molecular weight excluding hydrogens is 358 g/mol. The Hall–Kier alpha value is -3.29. The molecule has 0 bridgehead atoms. The van der Waals surface area contributed by atoms with Gasteiger partial charge in [-0.05, 0) is 43.5 Å². The zero-order valence-corrected chi connectivity index (χ0v) is 15.6. The van der Waals surface area contributed by atoms with Crippen molar-refractivity contribution < 1.29 is 14.1 Å². The van der Waals surface area contributed by atoms with Crippen molar-refractivity contribution in [2.45, 2.75) is 38.6 Å². The largest absolute Gasteiger partial charge is 0.352 e. The second-order valence-electron chi connectivity index (χ2n) is 6.96. The number of hydrogen-bond donors (Lipinski definition) is 2. The predicted molar refractivity (Wildman–Crippen MR) is 102 cm³/mol. The highest BCUT2D eigenvalue weighted by Crippen LogP contribution is 2.40. The van der Waals surface area contributed by atoms with Gasteiger partial charge in [-0.2, -0.15) is 0 Å². The smallest absolute Gasteiger partial charge is 0.259 e. The van der Waals surface area contributed by atoms with Crippen LogP contribution in [-0.2, 0) is 11.3 Å². The molecule has 1 aliphatic carbocycles. The van der Waals surface area contributed by atoms with Crippen LogP contribution in [0.15, 0.2) is 35.1 Å². The van der Waals surface area contributed by atoms with Crippen molar-refractivity contribution in [1.82, 2.24) is 25.8 Å². The van der Waals surface area contributed by atoms with E-state index in [2.05, 4.69) is 25.8 Å². The molecule has 0 aromatic carbocycles. The Labute approximate surface area is 161 Å². The van der Waals surface area contributed by atoms with Crippen molar-refractivity contribution in [1.29, 1.82) is 0 Å². The van der Waals surface area contributed by atoms with Gasteiger partial charge in [-0.1, -0.05) is 5.16 Å². The van der Waals surface area contributed by atoms with Crippen LogP contribution in [0.1, 0.15) is 52.5 Å². The molecule has 8 heteroatoms. The van der Waals surface area contributed by atoms with E-state index in [0.717, 1.165) is 24.1 Å². The van der Waals surface area contributed by atoms with Gasteiger partial charge < -0.3 is 15.2 Å². The van der Waals surface area contributed by atoms with Gasteiger partial charge in [0.2, 0.25) is 5.91 Å². The van der Waals surface area contributed by atoms with Crippen LogP contribution in [0.5, 0.6) is 0 Å². The molecule has 28 heavy (non-hydrogen) atoms. The highest BCUT2D eigenvalue weighted by atomic mass is 16.5. The van der Waals surface area contributed by atoms with Crippen molar-refractivity contribution >= 4 is 22.9 Å². The number of nitrogens with zero attached hydrogens (tertiary/aromatic N) is 3. The number of hydrogen-bond acceptors (Lipinski definition) is 6. The molecule has 0 aliphatic heterocycles. The number of amides is 2. The molecule has 3 aromatic rings. The summed E-state index contributed by atoms with van der Waals surface area (Å²) in [7, 11) is 0. The number of carbonyl (C=O) groups excluding carboxylic acids is 2. The molecule has 3 heterocycles. The van der Waals surface area contributed by atoms with Crippen LogP contribution in [0.2, 0.25) is 0 Å². The van der Waals surface area contributed by atoms with Crippen molar-refractivity contribution in [3.05, 3.63) is 53.1 Å². The zero-order valence-electron chi connectivity index (χ0n) is 15.6. The zero-order chi connectivity index (χ0) is 19.5. The van der Waals surface area contributed by atoms with E-state index >= 15 is 0 Å². The SMILES string of the molecule is Cc1noc2nc(C3CC3)cc(C(=O)NCCC(=O)NCc3ccncc3)c12. The molecule has 1 fully saturated rings. The van der Waals surface area contributed by atoms with E-state index in [4.69, 9.17) is 4.52 Å². The lowest BCUT2D eigenvalue weighted by Gasteiger charge is -2.08. The Morgan fingerprint density at radius 3 is 2.75 bits per heavy atom. The molecule has 0 radical (unpaired) electrons. The number of fused-ring (bicyclic) bond motifs is 1. The van der Waals surface area contributed by atoms with E-state index in [0.29, 0.717) is 34.8 Å². The van der Waals surface area contributed by atoms with Gasteiger partial charge in [0.15, 0.2) is 0 Å². The van der Waals surface area contributed by atoms with E-state index in [9.17, 15) is 9.59 Å². The van der Waals surface area contributed by atoms with Crippen LogP contribution in [0.3, 0.4) is 0 Å². The summed E-state index contributed by atoms with van der Waals surface area (Å²) in [4.78, 5) is 33.1. The molecule has 4 rings (SSSR count). The van der Waals surface area contributed by atoms with Crippen LogP contribution in [-0.4, -0.2) is 33.5 Å². The normalized spacial score (nSPS) is 13.5. The third-order valence-corrected chi connectivity index (χ3v) is 4.75. The Morgan fingerprint density at radius 1 is 1.21 bits per heavy atom. The van der Waals surface area contributed by atoms with Gasteiger partial charge in [0.1, 0.15) is 0 Å². The third-order valence-electron chi connectivity index (χ3n) is 4.75. The van der Waals surface area contributed by atoms with Crippen molar-refractivity contribution in [3.63, 3.8) is 0 Å². The molecular formula is C20H21N5O3. The number of rotatable bonds is 7. The minimum absolute atomic E-state index is 0.128. The number of pyridine rings is 2. The molecule has 1 aliphatic rings. The van der Waals surface area contributed by atoms with Crippen molar-refractivity contribution in [2.24, 2.45) is 0 Å². The standard InChI is InChI=1S/C20H21N5O3/c1-12-18-15(10-16(14-2-3-14)24-20(18)28-25-12)19(27)22-9-6-17(26)23-11-13-4-7-21-8-5-13/h4-5,7-8,10,14H,2-3,6,9,11H2,1H3,(H,22,27)(H,23,26). The topological polar surface area (TPSA) is 110 Å². The van der Waals surface area contributed by atoms with Crippen molar-refractivity contribution in [2.75, 3.05) is 6.54 Å². The first-order chi connectivity index (χ1) is 13.6. The summed E-state index contributed by atoms with van der Waals surface area (Å²) in [5, 5.41) is 10.2. The molecule has 0 atom stereocenters. The summed E-state index contributed by atoms with van der Waals surface area (Å²) in [5.41, 5.74) is 3.36. The fourth-order valence-electron chi connectivity index (χ4n) is 3.06. The number of carbonyl (C=O) groups is 2. The van der Waals surface area contributed by atoms with Crippen LogP contribution in [0.4, 0.5) is 0 Å². The number of nitrogens with one attached hydrogen (secondary N) is 2. The van der Waals surface area contributed by atoms with Gasteiger partial charge >= 0.3 is 0 Å². The highest BCUT2D eigenvalue weighted by molar-refractivity contribution is 6.06. The summed E-state index contributed by atoms with van der Waals surface area (Å²) >= 11 is 0. The molecule has 2 amide bonds. The van der Waals surface area contributed by atoms with E-state index in [1.165, 1.54) is 0 Å². The second kappa shape index (κ2) is 7.75. The monoisotopic (exact) mass is 379 g/mol. The summed E-state index contributed by atoms with van der Waals surface area (Å²) < 4.78 is 5.27. The summed E-state index contributed by atoms with van der Waals surface area (Å²) in [6, 6.07) is 5.51. The Morgan fingerprint density at radius 2 is 2.00 bits per heavy atom. The molecule has 0 saturated heterocycles. The average Bonchev–Trinajstić information content (AvgIpc) is 3.50. The lowest BCUT2D eigenvalue weighted by atomic mass is 10.1. The first-order valence-corrected chi connectivity index (χ1v) is 9.32. The fraction of sp³-hybridized carbons (Fsp3) is 0.350. The molecule has 1 saturated carbocycles. The van der Waals surface area contributed by atoms with Gasteiger partial charge in [0.05, 0.1) is 16.6 Å². The van der Waals surface area contributed by atoms with Crippen LogP contribution >= 0.6 is 0 Å². The van der Waals surface area contributed by atoms with E-state index < -0.39 is 0 Å². The minimum Gasteiger partial charge on any atom is -0.352 e. The maximum Gasteiger partial charge on any atom is 0.259 e. The molecule has 8 nitrogen and oxygen atoms in total. The maximum absolute atomic E-state index is 12.7. The first-order valence-electron chi connectivity index (χ1n) is 9.32. The van der Waals surface area contributed by atoms with Gasteiger partial charge in [0.25, 0.3) is 11.6 Å². The Bertz CT molecular complexity index is 1010. The Kier molecular flexibility index (Phi) is 5.01. The summed E-state index contributed by atoms with van der Waals surface area (Å²) in [5.74, 6) is 0.0136. The predicted octanol–water partition coefficient (Wildman–Crippen LogP) is 2.24. The van der Waals surface area contributed by atoms with Crippen LogP contribution < -0.4 is 10.6 Å².